The van der Waals surface area contributed by atoms with Crippen LogP contribution in [0.15, 0.2) is 81.7 Å². The number of aryl methyl sites for hydroxylation is 1. The number of halogens is 2. The van der Waals surface area contributed by atoms with Crippen LogP contribution in [0.25, 0.3) is 23.3 Å². The Balaban J connectivity index is 0.00000176. The van der Waals surface area contributed by atoms with Gasteiger partial charge in [0.25, 0.3) is 0 Å². The molecule has 0 spiro atoms. The van der Waals surface area contributed by atoms with Crippen molar-refractivity contribution >= 4 is 15.4 Å². The quantitative estimate of drug-likeness (QED) is 0.395. The van der Waals surface area contributed by atoms with Crippen LogP contribution >= 0.6 is 0 Å². The van der Waals surface area contributed by atoms with Crippen molar-refractivity contribution in [3.8, 4) is 11.1 Å². The molecule has 0 saturated carbocycles. The first-order chi connectivity index (χ1) is 18.9. The van der Waals surface area contributed by atoms with E-state index in [0.29, 0.717) is 9.54 Å². The van der Waals surface area contributed by atoms with Gasteiger partial charge in [-0.2, -0.15) is 0 Å². The fourth-order valence-electron chi connectivity index (χ4n) is 7.65. The molecule has 0 fully saturated rings. The van der Waals surface area contributed by atoms with Gasteiger partial charge in [-0.3, -0.25) is 0 Å². The zero-order valence-electron chi connectivity index (χ0n) is 26.0. The Hall–Kier alpha value is -2.05. The molecule has 0 bridgehead atoms. The summed E-state index contributed by atoms with van der Waals surface area (Å²) in [6.07, 6.45) is 14.6. The standard InChI is InChI=1S/C23H21.C9H10.C7H9.2ClH.Zr/c1-22(2)7-5-14-10-18-16(12-20(14)22)9-17-13-21-15(11-19(17)18)6-8-23(21,3)4;1-3-9-6-4-8(2)5-7-9;1-6-3-4-7(2)5-6;;;/h5-13H,1-4H3;4-7H,1-2H3;3,5,7H,1-2H3;2*1H;/q;;;;;+2/p-2. The van der Waals surface area contributed by atoms with Crippen LogP contribution in [0.2, 0.25) is 0 Å². The van der Waals surface area contributed by atoms with Gasteiger partial charge in [0.05, 0.1) is 0 Å². The van der Waals surface area contributed by atoms with Crippen molar-refractivity contribution in [1.82, 2.24) is 0 Å². The molecule has 4 aliphatic rings. The van der Waals surface area contributed by atoms with Gasteiger partial charge in [0.1, 0.15) is 0 Å². The van der Waals surface area contributed by atoms with Crippen LogP contribution in [0, 0.1) is 12.8 Å². The Morgan fingerprint density at radius 2 is 1.24 bits per heavy atom. The third-order valence-electron chi connectivity index (χ3n) is 9.98. The Kier molecular flexibility index (Phi) is 8.10. The first-order valence-corrected chi connectivity index (χ1v) is 18.8. The van der Waals surface area contributed by atoms with Crippen LogP contribution in [-0.4, -0.2) is 3.21 Å². The first-order valence-electron chi connectivity index (χ1n) is 14.9. The smallest absolute Gasteiger partial charge is 1.00 e. The fourth-order valence-corrected chi connectivity index (χ4v) is 16.8. The predicted octanol–water partition coefficient (Wildman–Crippen LogP) is 4.02. The van der Waals surface area contributed by atoms with E-state index < -0.39 is 21.3 Å². The van der Waals surface area contributed by atoms with Gasteiger partial charge in [-0.15, -0.1) is 0 Å². The van der Waals surface area contributed by atoms with Crippen LogP contribution in [0.1, 0.15) is 96.6 Å². The van der Waals surface area contributed by atoms with E-state index in [4.69, 9.17) is 0 Å². The van der Waals surface area contributed by atoms with Crippen molar-refractivity contribution in [2.24, 2.45) is 5.92 Å². The maximum Gasteiger partial charge on any atom is -1.00 e. The summed E-state index contributed by atoms with van der Waals surface area (Å²) in [6.45, 7) is 18.9. The second-order valence-electron chi connectivity index (χ2n) is 13.8. The van der Waals surface area contributed by atoms with Gasteiger partial charge in [-0.05, 0) is 0 Å². The Labute approximate surface area is 272 Å². The van der Waals surface area contributed by atoms with Crippen molar-refractivity contribution in [3.05, 3.63) is 126 Å². The van der Waals surface area contributed by atoms with E-state index in [1.165, 1.54) is 50.1 Å². The summed E-state index contributed by atoms with van der Waals surface area (Å²) < 4.78 is 3.89. The van der Waals surface area contributed by atoms with Crippen LogP contribution in [0.3, 0.4) is 0 Å². The van der Waals surface area contributed by atoms with E-state index in [2.05, 4.69) is 140 Å². The average molecular weight is 671 g/mol. The third kappa shape index (κ3) is 4.80. The maximum atomic E-state index is 2.63. The molecule has 214 valence electrons. The normalized spacial score (nSPS) is 20.1. The summed E-state index contributed by atoms with van der Waals surface area (Å²) in [7, 11) is 0. The minimum atomic E-state index is -2.53. The van der Waals surface area contributed by atoms with Crippen molar-refractivity contribution in [2.45, 2.75) is 69.8 Å². The first kappa shape index (κ1) is 31.4. The number of benzene rings is 3. The Bertz CT molecular complexity index is 1690. The molecule has 42 heavy (non-hydrogen) atoms. The van der Waals surface area contributed by atoms with Crippen molar-refractivity contribution in [1.29, 1.82) is 0 Å². The van der Waals surface area contributed by atoms with Gasteiger partial charge in [-0.25, -0.2) is 0 Å². The van der Waals surface area contributed by atoms with Crippen molar-refractivity contribution in [2.75, 3.05) is 0 Å². The molecule has 0 amide bonds. The summed E-state index contributed by atoms with van der Waals surface area (Å²) in [6, 6.07) is 19.7. The van der Waals surface area contributed by atoms with Crippen LogP contribution < -0.4 is 24.8 Å². The third-order valence-corrected chi connectivity index (χ3v) is 18.6. The van der Waals surface area contributed by atoms with Crippen LogP contribution in [-0.2, 0) is 32.1 Å². The molecule has 0 saturated heterocycles. The molecular weight excluding hydrogens is 631 g/mol. The van der Waals surface area contributed by atoms with E-state index in [-0.39, 0.29) is 35.6 Å². The molecule has 3 aromatic carbocycles. The van der Waals surface area contributed by atoms with E-state index in [9.17, 15) is 0 Å². The van der Waals surface area contributed by atoms with E-state index >= 15 is 0 Å². The van der Waals surface area contributed by atoms with Gasteiger partial charge >= 0.3 is 250 Å². The number of rotatable bonds is 3. The molecule has 4 aliphatic carbocycles. The molecule has 1 unspecified atom stereocenters. The van der Waals surface area contributed by atoms with Gasteiger partial charge in [-0.1, -0.05) is 0 Å². The monoisotopic (exact) mass is 668 g/mol. The second-order valence-corrected chi connectivity index (χ2v) is 20.5. The molecule has 3 heteroatoms. The molecule has 0 radical (unpaired) electrons. The molecule has 1 atom stereocenters. The molecule has 7 rings (SSSR count). The molecule has 0 aliphatic heterocycles. The fraction of sp³-hybridized carbons (Fsp3) is 0.308. The summed E-state index contributed by atoms with van der Waals surface area (Å²) in [5, 5.41) is 0. The van der Waals surface area contributed by atoms with Crippen molar-refractivity contribution in [3.63, 3.8) is 0 Å². The van der Waals surface area contributed by atoms with Crippen LogP contribution in [0.5, 0.6) is 0 Å². The summed E-state index contributed by atoms with van der Waals surface area (Å²) in [5.41, 5.74) is 16.3. The summed E-state index contributed by atoms with van der Waals surface area (Å²) in [5.74, 6) is 0.516. The molecule has 0 aromatic heterocycles. The summed E-state index contributed by atoms with van der Waals surface area (Å²) in [4.78, 5) is 0. The van der Waals surface area contributed by atoms with Gasteiger partial charge < -0.3 is 24.8 Å². The van der Waals surface area contributed by atoms with E-state index in [0.717, 1.165) is 0 Å². The minimum Gasteiger partial charge on any atom is -1.00 e. The predicted molar refractivity (Wildman–Crippen MR) is 170 cm³/mol. The maximum absolute atomic E-state index is 2.63. The van der Waals surface area contributed by atoms with E-state index in [1.54, 1.807) is 17.6 Å². The molecule has 3 aromatic rings. The largest absolute Gasteiger partial charge is 1.00 e. The SMILES string of the molecule is CC1=CC(C)[C](/[Zr+2](=[C](/C)c2ccc(C)cc2)[CH]2c3cc4c(cc3-c3cc5c(cc32)C(C)(C)C=C5)C=CC4(C)C)=C1.[Cl-].[Cl-]. The number of hydrogen-bond acceptors (Lipinski definition) is 0. The zero-order valence-corrected chi connectivity index (χ0v) is 30.0. The summed E-state index contributed by atoms with van der Waals surface area (Å²) >= 11 is -2.53. The number of hydrogen-bond donors (Lipinski definition) is 0. The number of fused-ring (bicyclic) bond motifs is 5. The molecule has 0 heterocycles. The second kappa shape index (κ2) is 10.8. The topological polar surface area (TPSA) is 0 Å². The minimum absolute atomic E-state index is 0. The number of allylic oxidation sites excluding steroid dienone is 6. The van der Waals surface area contributed by atoms with Gasteiger partial charge in [0.2, 0.25) is 0 Å². The van der Waals surface area contributed by atoms with Crippen LogP contribution in [0.4, 0.5) is 0 Å². The van der Waals surface area contributed by atoms with Gasteiger partial charge in [0.15, 0.2) is 0 Å². The van der Waals surface area contributed by atoms with E-state index in [1.807, 2.05) is 0 Å². The molecule has 0 nitrogen and oxygen atoms in total. The molecular formula is C39H40Cl2Zr. The zero-order chi connectivity index (χ0) is 28.1. The van der Waals surface area contributed by atoms with Gasteiger partial charge in [0, 0.05) is 0 Å². The Morgan fingerprint density at radius 3 is 1.69 bits per heavy atom. The van der Waals surface area contributed by atoms with Crippen molar-refractivity contribution < 1.29 is 46.1 Å². The molecule has 0 N–H and O–H groups in total. The Morgan fingerprint density at radius 1 is 0.738 bits per heavy atom. The average Bonchev–Trinajstić information content (AvgIpc) is 3.59.